The van der Waals surface area contributed by atoms with Crippen LogP contribution in [0.5, 0.6) is 0 Å². The van der Waals surface area contributed by atoms with Crippen LogP contribution in [-0.4, -0.2) is 29.6 Å². The van der Waals surface area contributed by atoms with Gasteiger partial charge in [0.25, 0.3) is 0 Å². The number of benzene rings is 1. The van der Waals surface area contributed by atoms with E-state index in [1.165, 1.54) is 0 Å². The number of carbonyl (C=O) groups excluding carboxylic acids is 1. The standard InChI is InChI=1S/C13H18N2O2/c1-10-7-12(14)8-15(10)13(16)17-9-11-5-3-2-4-6-11/h2-6,10,12H,7-9,14H2,1H3/t10-,12-/m0/s1. The molecule has 1 aromatic carbocycles. The summed E-state index contributed by atoms with van der Waals surface area (Å²) in [5.41, 5.74) is 6.81. The molecule has 92 valence electrons. The van der Waals surface area contributed by atoms with Crippen LogP contribution >= 0.6 is 0 Å². The molecule has 4 heteroatoms. The quantitative estimate of drug-likeness (QED) is 0.848. The Hall–Kier alpha value is -1.55. The van der Waals surface area contributed by atoms with Gasteiger partial charge in [-0.25, -0.2) is 4.79 Å². The molecule has 0 aromatic heterocycles. The molecule has 1 heterocycles. The van der Waals surface area contributed by atoms with Crippen LogP contribution in [0, 0.1) is 0 Å². The molecule has 0 unspecified atom stereocenters. The van der Waals surface area contributed by atoms with Gasteiger partial charge in [0.15, 0.2) is 0 Å². The Kier molecular flexibility index (Phi) is 3.64. The third-order valence-electron chi connectivity index (χ3n) is 3.05. The monoisotopic (exact) mass is 234 g/mol. The van der Waals surface area contributed by atoms with Crippen molar-refractivity contribution in [1.29, 1.82) is 0 Å². The molecule has 1 aromatic rings. The van der Waals surface area contributed by atoms with Gasteiger partial charge < -0.3 is 15.4 Å². The van der Waals surface area contributed by atoms with E-state index < -0.39 is 0 Å². The van der Waals surface area contributed by atoms with Crippen LogP contribution in [0.2, 0.25) is 0 Å². The summed E-state index contributed by atoms with van der Waals surface area (Å²) in [6.45, 7) is 2.91. The Morgan fingerprint density at radius 3 is 2.76 bits per heavy atom. The maximum absolute atomic E-state index is 11.8. The van der Waals surface area contributed by atoms with Gasteiger partial charge in [-0.1, -0.05) is 30.3 Å². The molecule has 2 atom stereocenters. The maximum atomic E-state index is 11.8. The molecule has 17 heavy (non-hydrogen) atoms. The molecule has 0 aliphatic carbocycles. The predicted octanol–water partition coefficient (Wildman–Crippen LogP) is 1.74. The highest BCUT2D eigenvalue weighted by molar-refractivity contribution is 5.68. The molecule has 1 aliphatic heterocycles. The number of carbonyl (C=O) groups is 1. The average molecular weight is 234 g/mol. The van der Waals surface area contributed by atoms with Crippen LogP contribution in [0.25, 0.3) is 0 Å². The third kappa shape index (κ3) is 2.97. The molecule has 2 N–H and O–H groups in total. The van der Waals surface area contributed by atoms with Crippen LogP contribution in [0.15, 0.2) is 30.3 Å². The fourth-order valence-electron chi connectivity index (χ4n) is 2.13. The lowest BCUT2D eigenvalue weighted by atomic mass is 10.2. The second-order valence-electron chi connectivity index (χ2n) is 4.54. The van der Waals surface area contributed by atoms with Gasteiger partial charge in [0.2, 0.25) is 0 Å². The fraction of sp³-hybridized carbons (Fsp3) is 0.462. The van der Waals surface area contributed by atoms with Crippen molar-refractivity contribution in [3.05, 3.63) is 35.9 Å². The summed E-state index contributed by atoms with van der Waals surface area (Å²) in [6, 6.07) is 9.92. The minimum absolute atomic E-state index is 0.0780. The Bertz CT molecular complexity index is 380. The first-order valence-corrected chi connectivity index (χ1v) is 5.89. The van der Waals surface area contributed by atoms with E-state index in [1.54, 1.807) is 4.90 Å². The van der Waals surface area contributed by atoms with Crippen molar-refractivity contribution in [3.63, 3.8) is 0 Å². The minimum atomic E-state index is -0.269. The molecule has 0 spiro atoms. The van der Waals surface area contributed by atoms with Crippen LogP contribution in [0.3, 0.4) is 0 Å². The highest BCUT2D eigenvalue weighted by Crippen LogP contribution is 2.17. The van der Waals surface area contributed by atoms with Crippen LogP contribution in [-0.2, 0) is 11.3 Å². The van der Waals surface area contributed by atoms with E-state index in [-0.39, 0.29) is 18.2 Å². The van der Waals surface area contributed by atoms with E-state index in [0.29, 0.717) is 13.2 Å². The maximum Gasteiger partial charge on any atom is 0.410 e. The number of ether oxygens (including phenoxy) is 1. The Morgan fingerprint density at radius 1 is 1.47 bits per heavy atom. The van der Waals surface area contributed by atoms with Gasteiger partial charge in [-0.05, 0) is 18.9 Å². The molecular formula is C13H18N2O2. The highest BCUT2D eigenvalue weighted by Gasteiger charge is 2.31. The smallest absolute Gasteiger partial charge is 0.410 e. The number of hydrogen-bond acceptors (Lipinski definition) is 3. The predicted molar refractivity (Wildman–Crippen MR) is 65.4 cm³/mol. The summed E-state index contributed by atoms with van der Waals surface area (Å²) in [5, 5.41) is 0. The van der Waals surface area contributed by atoms with Gasteiger partial charge in [0.1, 0.15) is 6.61 Å². The minimum Gasteiger partial charge on any atom is -0.445 e. The Morgan fingerprint density at radius 2 is 2.18 bits per heavy atom. The van der Waals surface area contributed by atoms with E-state index in [9.17, 15) is 4.79 Å². The normalized spacial score (nSPS) is 23.8. The molecule has 1 aliphatic rings. The Labute approximate surface area is 101 Å². The number of nitrogens with two attached hydrogens (primary N) is 1. The summed E-state index contributed by atoms with van der Waals surface area (Å²) in [7, 11) is 0. The van der Waals surface area contributed by atoms with Gasteiger partial charge in [-0.2, -0.15) is 0 Å². The summed E-state index contributed by atoms with van der Waals surface area (Å²) < 4.78 is 5.26. The highest BCUT2D eigenvalue weighted by atomic mass is 16.6. The average Bonchev–Trinajstić information content (AvgIpc) is 2.67. The molecule has 1 fully saturated rings. The van der Waals surface area contributed by atoms with Gasteiger partial charge in [0.05, 0.1) is 0 Å². The summed E-state index contributed by atoms with van der Waals surface area (Å²) >= 11 is 0. The van der Waals surface area contributed by atoms with E-state index >= 15 is 0 Å². The first-order valence-electron chi connectivity index (χ1n) is 5.89. The van der Waals surface area contributed by atoms with Crippen molar-refractivity contribution in [2.75, 3.05) is 6.54 Å². The number of likely N-dealkylation sites (tertiary alicyclic amines) is 1. The van der Waals surface area contributed by atoms with Crippen molar-refractivity contribution >= 4 is 6.09 Å². The molecule has 4 nitrogen and oxygen atoms in total. The van der Waals surface area contributed by atoms with Crippen LogP contribution in [0.4, 0.5) is 4.79 Å². The van der Waals surface area contributed by atoms with E-state index in [0.717, 1.165) is 12.0 Å². The lowest BCUT2D eigenvalue weighted by molar-refractivity contribution is 0.0941. The number of rotatable bonds is 2. The fourth-order valence-corrected chi connectivity index (χ4v) is 2.13. The Balaban J connectivity index is 1.86. The first kappa shape index (κ1) is 11.9. The van der Waals surface area contributed by atoms with E-state index in [4.69, 9.17) is 10.5 Å². The largest absolute Gasteiger partial charge is 0.445 e. The molecule has 0 radical (unpaired) electrons. The van der Waals surface area contributed by atoms with Gasteiger partial charge in [0, 0.05) is 18.6 Å². The van der Waals surface area contributed by atoms with Gasteiger partial charge in [-0.15, -0.1) is 0 Å². The zero-order valence-corrected chi connectivity index (χ0v) is 10.0. The van der Waals surface area contributed by atoms with Crippen LogP contribution in [0.1, 0.15) is 18.9 Å². The summed E-state index contributed by atoms with van der Waals surface area (Å²) in [6.07, 6.45) is 0.578. The lowest BCUT2D eigenvalue weighted by Crippen LogP contribution is -2.35. The second kappa shape index (κ2) is 5.19. The van der Waals surface area contributed by atoms with Crippen LogP contribution < -0.4 is 5.73 Å². The van der Waals surface area contributed by atoms with Gasteiger partial charge in [-0.3, -0.25) is 0 Å². The van der Waals surface area contributed by atoms with Crippen molar-refractivity contribution < 1.29 is 9.53 Å². The summed E-state index contributed by atoms with van der Waals surface area (Å²) in [5.74, 6) is 0. The number of hydrogen-bond donors (Lipinski definition) is 1. The number of nitrogens with zero attached hydrogens (tertiary/aromatic N) is 1. The molecule has 1 amide bonds. The first-order chi connectivity index (χ1) is 8.16. The molecular weight excluding hydrogens is 216 g/mol. The van der Waals surface area contributed by atoms with E-state index in [1.807, 2.05) is 37.3 Å². The second-order valence-corrected chi connectivity index (χ2v) is 4.54. The van der Waals surface area contributed by atoms with E-state index in [2.05, 4.69) is 0 Å². The number of amides is 1. The lowest BCUT2D eigenvalue weighted by Gasteiger charge is -2.20. The zero-order chi connectivity index (χ0) is 12.3. The summed E-state index contributed by atoms with van der Waals surface area (Å²) in [4.78, 5) is 13.5. The topological polar surface area (TPSA) is 55.6 Å². The van der Waals surface area contributed by atoms with Crippen molar-refractivity contribution in [3.8, 4) is 0 Å². The van der Waals surface area contributed by atoms with Crippen molar-refractivity contribution in [2.45, 2.75) is 32.0 Å². The third-order valence-corrected chi connectivity index (χ3v) is 3.05. The SMILES string of the molecule is C[C@H]1C[C@H](N)CN1C(=O)OCc1ccccc1. The van der Waals surface area contributed by atoms with Gasteiger partial charge >= 0.3 is 6.09 Å². The molecule has 0 bridgehead atoms. The van der Waals surface area contributed by atoms with Crippen molar-refractivity contribution in [2.24, 2.45) is 5.73 Å². The zero-order valence-electron chi connectivity index (χ0n) is 10.0. The molecule has 2 rings (SSSR count). The molecule has 1 saturated heterocycles. The molecule has 0 saturated carbocycles. The van der Waals surface area contributed by atoms with Crippen molar-refractivity contribution in [1.82, 2.24) is 4.90 Å².